The van der Waals surface area contributed by atoms with E-state index in [1.54, 1.807) is 6.92 Å². The summed E-state index contributed by atoms with van der Waals surface area (Å²) in [5, 5.41) is 4.16. The molecule has 3 rings (SSSR count). The standard InChI is InChI=1S/C20H20F2N2O7S2/c1-3-30-15-8-11(4-5-14(15)31-20(21)22)13(6-7-33(28)29)24-18(26)12-9-32-17(23-10(2)25)16(12)19(24)27/h4-5,8-9,13,20H,3,6-7H2,1-2H3,(H,23,25)(H,28,29)/p-1/t13-/m1/s1. The van der Waals surface area contributed by atoms with Gasteiger partial charge in [-0.25, -0.2) is 0 Å². The minimum absolute atomic E-state index is 0.0242. The molecule has 1 aromatic carbocycles. The number of halogens is 2. The van der Waals surface area contributed by atoms with Crippen LogP contribution in [0.1, 0.15) is 52.6 Å². The van der Waals surface area contributed by atoms with Crippen molar-refractivity contribution in [3.8, 4) is 11.5 Å². The lowest BCUT2D eigenvalue weighted by atomic mass is 10.0. The van der Waals surface area contributed by atoms with E-state index in [1.165, 1.54) is 30.5 Å². The number of anilines is 1. The van der Waals surface area contributed by atoms with Gasteiger partial charge < -0.3 is 19.3 Å². The largest absolute Gasteiger partial charge is 0.772 e. The van der Waals surface area contributed by atoms with Crippen LogP contribution in [0.15, 0.2) is 23.6 Å². The minimum Gasteiger partial charge on any atom is -0.772 e. The number of rotatable bonds is 10. The number of carbonyl (C=O) groups is 3. The molecule has 0 radical (unpaired) electrons. The van der Waals surface area contributed by atoms with Gasteiger partial charge in [0.25, 0.3) is 11.8 Å². The van der Waals surface area contributed by atoms with E-state index in [0.29, 0.717) is 5.56 Å². The third-order valence-corrected chi connectivity index (χ3v) is 6.17. The topological polar surface area (TPSA) is 125 Å². The highest BCUT2D eigenvalue weighted by Crippen LogP contribution is 2.41. The number of hydrogen-bond acceptors (Lipinski definition) is 8. The summed E-state index contributed by atoms with van der Waals surface area (Å²) < 4.78 is 57.7. The fourth-order valence-electron chi connectivity index (χ4n) is 3.45. The van der Waals surface area contributed by atoms with Crippen molar-refractivity contribution in [2.24, 2.45) is 0 Å². The molecule has 2 aromatic rings. The molecule has 1 aliphatic rings. The molecule has 33 heavy (non-hydrogen) atoms. The third kappa shape index (κ3) is 5.37. The predicted molar refractivity (Wildman–Crippen MR) is 115 cm³/mol. The number of alkyl halides is 2. The SMILES string of the molecule is CCOc1cc([C@@H](CCS(=O)[O-])N2C(=O)c3csc(NC(C)=O)c3C2=O)ccc1OC(F)F. The number of hydrogen-bond donors (Lipinski definition) is 1. The van der Waals surface area contributed by atoms with Crippen LogP contribution in [0.25, 0.3) is 0 Å². The van der Waals surface area contributed by atoms with E-state index in [-0.39, 0.29) is 46.4 Å². The van der Waals surface area contributed by atoms with E-state index in [2.05, 4.69) is 10.1 Å². The molecule has 0 fully saturated rings. The summed E-state index contributed by atoms with van der Waals surface area (Å²) in [6.45, 7) is -0.0863. The lowest BCUT2D eigenvalue weighted by Crippen LogP contribution is -2.35. The number of carbonyl (C=O) groups excluding carboxylic acids is 3. The van der Waals surface area contributed by atoms with E-state index in [0.717, 1.165) is 16.2 Å². The Morgan fingerprint density at radius 1 is 1.27 bits per heavy atom. The second-order valence-corrected chi connectivity index (χ2v) is 8.74. The normalized spacial score (nSPS) is 14.9. The molecule has 13 heteroatoms. The van der Waals surface area contributed by atoms with Gasteiger partial charge in [-0.2, -0.15) is 8.78 Å². The Balaban J connectivity index is 2.03. The molecule has 1 N–H and O–H groups in total. The summed E-state index contributed by atoms with van der Waals surface area (Å²) in [5.41, 5.74) is 0.405. The van der Waals surface area contributed by atoms with Crippen molar-refractivity contribution in [2.75, 3.05) is 17.7 Å². The summed E-state index contributed by atoms with van der Waals surface area (Å²) >= 11 is -1.44. The maximum absolute atomic E-state index is 13.2. The second kappa shape index (κ2) is 10.4. The highest BCUT2D eigenvalue weighted by Gasteiger charge is 2.43. The van der Waals surface area contributed by atoms with Crippen molar-refractivity contribution in [3.05, 3.63) is 40.3 Å². The van der Waals surface area contributed by atoms with Crippen molar-refractivity contribution < 1.29 is 41.4 Å². The molecule has 1 aromatic heterocycles. The number of imide groups is 1. The summed E-state index contributed by atoms with van der Waals surface area (Å²) in [4.78, 5) is 38.7. The number of ether oxygens (including phenoxy) is 2. The Morgan fingerprint density at radius 2 is 2.00 bits per heavy atom. The first kappa shape index (κ1) is 24.7. The highest BCUT2D eigenvalue weighted by molar-refractivity contribution is 7.79. The first-order chi connectivity index (χ1) is 15.6. The van der Waals surface area contributed by atoms with Crippen molar-refractivity contribution in [1.29, 1.82) is 0 Å². The van der Waals surface area contributed by atoms with Crippen LogP contribution in [0.5, 0.6) is 11.5 Å². The lowest BCUT2D eigenvalue weighted by molar-refractivity contribution is -0.114. The molecule has 2 heterocycles. The van der Waals surface area contributed by atoms with Crippen LogP contribution >= 0.6 is 11.3 Å². The average molecular weight is 502 g/mol. The number of nitrogens with zero attached hydrogens (tertiary/aromatic N) is 1. The van der Waals surface area contributed by atoms with Gasteiger partial charge in [0.1, 0.15) is 5.00 Å². The number of thiophene rings is 1. The van der Waals surface area contributed by atoms with Gasteiger partial charge in [-0.1, -0.05) is 17.1 Å². The molecule has 178 valence electrons. The summed E-state index contributed by atoms with van der Waals surface area (Å²) in [7, 11) is 0. The van der Waals surface area contributed by atoms with Crippen LogP contribution in [0.3, 0.4) is 0 Å². The van der Waals surface area contributed by atoms with E-state index in [4.69, 9.17) is 4.74 Å². The summed E-state index contributed by atoms with van der Waals surface area (Å²) in [5.74, 6) is -2.44. The Labute approximate surface area is 194 Å². The number of fused-ring (bicyclic) bond motifs is 1. The van der Waals surface area contributed by atoms with E-state index < -0.39 is 41.5 Å². The van der Waals surface area contributed by atoms with Crippen molar-refractivity contribution in [3.63, 3.8) is 0 Å². The fraction of sp³-hybridized carbons (Fsp3) is 0.350. The number of benzene rings is 1. The van der Waals surface area contributed by atoms with Gasteiger partial charge >= 0.3 is 6.61 Å². The van der Waals surface area contributed by atoms with Crippen molar-refractivity contribution in [1.82, 2.24) is 4.90 Å². The molecule has 0 spiro atoms. The van der Waals surface area contributed by atoms with Crippen LogP contribution in [0.2, 0.25) is 0 Å². The Hall–Kier alpha value is -2.90. The monoisotopic (exact) mass is 501 g/mol. The molecule has 0 saturated heterocycles. The molecular weight excluding hydrogens is 482 g/mol. The van der Waals surface area contributed by atoms with Crippen LogP contribution < -0.4 is 14.8 Å². The Kier molecular flexibility index (Phi) is 7.76. The number of nitrogens with one attached hydrogen (secondary N) is 1. The summed E-state index contributed by atoms with van der Waals surface area (Å²) in [6.07, 6.45) is -0.141. The van der Waals surface area contributed by atoms with E-state index in [1.807, 2.05) is 0 Å². The van der Waals surface area contributed by atoms with Crippen LogP contribution in [0, 0.1) is 0 Å². The van der Waals surface area contributed by atoms with Crippen LogP contribution in [-0.2, 0) is 15.9 Å². The average Bonchev–Trinajstić information content (AvgIpc) is 3.24. The zero-order valence-electron chi connectivity index (χ0n) is 17.5. The van der Waals surface area contributed by atoms with Gasteiger partial charge in [0.2, 0.25) is 5.91 Å². The minimum atomic E-state index is -3.10. The maximum Gasteiger partial charge on any atom is 0.387 e. The molecule has 3 amide bonds. The van der Waals surface area contributed by atoms with Crippen molar-refractivity contribution in [2.45, 2.75) is 32.9 Å². The van der Waals surface area contributed by atoms with Gasteiger partial charge in [0.05, 0.1) is 23.8 Å². The fourth-order valence-corrected chi connectivity index (χ4v) is 4.84. The van der Waals surface area contributed by atoms with Gasteiger partial charge in [-0.05, 0) is 31.0 Å². The molecular formula is C20H19F2N2O7S2-. The smallest absolute Gasteiger partial charge is 0.387 e. The molecule has 0 aliphatic carbocycles. The first-order valence-electron chi connectivity index (χ1n) is 9.68. The zero-order valence-corrected chi connectivity index (χ0v) is 19.1. The molecule has 2 atom stereocenters. The van der Waals surface area contributed by atoms with Gasteiger partial charge in [-0.3, -0.25) is 23.5 Å². The Bertz CT molecular complexity index is 1110. The number of amides is 3. The van der Waals surface area contributed by atoms with E-state index >= 15 is 0 Å². The predicted octanol–water partition coefficient (Wildman–Crippen LogP) is 3.31. The van der Waals surface area contributed by atoms with Gasteiger partial charge in [-0.15, -0.1) is 11.3 Å². The highest BCUT2D eigenvalue weighted by atomic mass is 32.2. The summed E-state index contributed by atoms with van der Waals surface area (Å²) in [6, 6.07) is 2.86. The molecule has 1 aliphatic heterocycles. The molecule has 0 bridgehead atoms. The Morgan fingerprint density at radius 3 is 2.61 bits per heavy atom. The van der Waals surface area contributed by atoms with Gasteiger partial charge in [0, 0.05) is 18.1 Å². The van der Waals surface area contributed by atoms with Crippen LogP contribution in [-0.4, -0.2) is 50.4 Å². The molecule has 0 saturated carbocycles. The lowest BCUT2D eigenvalue weighted by Gasteiger charge is -2.28. The molecule has 9 nitrogen and oxygen atoms in total. The second-order valence-electron chi connectivity index (χ2n) is 6.85. The molecule has 1 unspecified atom stereocenters. The first-order valence-corrected chi connectivity index (χ1v) is 11.8. The van der Waals surface area contributed by atoms with Gasteiger partial charge in [0.15, 0.2) is 11.5 Å². The zero-order chi connectivity index (χ0) is 24.3. The quantitative estimate of drug-likeness (QED) is 0.391. The maximum atomic E-state index is 13.2. The van der Waals surface area contributed by atoms with Crippen molar-refractivity contribution >= 4 is 45.1 Å². The third-order valence-electron chi connectivity index (χ3n) is 4.70. The van der Waals surface area contributed by atoms with Crippen LogP contribution in [0.4, 0.5) is 13.8 Å². The van der Waals surface area contributed by atoms with E-state index in [9.17, 15) is 31.9 Å².